The number of nitrogens with zero attached hydrogens (tertiary/aromatic N) is 2. The molecule has 20 heavy (non-hydrogen) atoms. The third-order valence-electron chi connectivity index (χ3n) is 3.36. The Morgan fingerprint density at radius 3 is 2.35 bits per heavy atom. The van der Waals surface area contributed by atoms with E-state index in [1.54, 1.807) is 4.68 Å². The Morgan fingerprint density at radius 1 is 0.950 bits per heavy atom. The maximum Gasteiger partial charge on any atom is 0.169 e. The number of hydrogen-bond acceptors (Lipinski definition) is 2. The number of rotatable bonds is 2. The smallest absolute Gasteiger partial charge is 0.169 e. The molecule has 0 bridgehead atoms. The second kappa shape index (κ2) is 4.85. The van der Waals surface area contributed by atoms with E-state index in [9.17, 15) is 5.11 Å². The van der Waals surface area contributed by atoms with E-state index >= 15 is 0 Å². The quantitative estimate of drug-likeness (QED) is 0.765. The number of aromatic nitrogens is 2. The fourth-order valence-corrected chi connectivity index (χ4v) is 2.42. The van der Waals surface area contributed by atoms with Gasteiger partial charge in [0, 0.05) is 18.2 Å². The maximum atomic E-state index is 10.5. The van der Waals surface area contributed by atoms with Crippen molar-refractivity contribution in [1.82, 2.24) is 9.78 Å². The largest absolute Gasteiger partial charge is 0.504 e. The normalized spacial score (nSPS) is 10.7. The van der Waals surface area contributed by atoms with Crippen LogP contribution in [0.2, 0.25) is 0 Å². The van der Waals surface area contributed by atoms with Crippen LogP contribution in [0.25, 0.3) is 22.5 Å². The third kappa shape index (κ3) is 2.07. The van der Waals surface area contributed by atoms with Gasteiger partial charge in [-0.1, -0.05) is 54.1 Å². The second-order valence-corrected chi connectivity index (χ2v) is 4.90. The molecule has 0 atom stereocenters. The number of hydrogen-bond donors (Lipinski definition) is 1. The molecule has 100 valence electrons. The topological polar surface area (TPSA) is 38.0 Å². The van der Waals surface area contributed by atoms with Crippen LogP contribution >= 0.6 is 0 Å². The maximum absolute atomic E-state index is 10.5. The van der Waals surface area contributed by atoms with E-state index in [-0.39, 0.29) is 5.75 Å². The fourth-order valence-electron chi connectivity index (χ4n) is 2.42. The van der Waals surface area contributed by atoms with Gasteiger partial charge in [0.05, 0.1) is 0 Å². The number of aryl methyl sites for hydroxylation is 2. The van der Waals surface area contributed by atoms with Crippen LogP contribution in [0.15, 0.2) is 54.6 Å². The summed E-state index contributed by atoms with van der Waals surface area (Å²) >= 11 is 0. The van der Waals surface area contributed by atoms with E-state index in [0.29, 0.717) is 5.69 Å². The van der Waals surface area contributed by atoms with Crippen molar-refractivity contribution >= 4 is 0 Å². The molecule has 0 amide bonds. The molecule has 0 unspecified atom stereocenters. The molecule has 3 nitrogen and oxygen atoms in total. The zero-order valence-electron chi connectivity index (χ0n) is 11.5. The summed E-state index contributed by atoms with van der Waals surface area (Å²) < 4.78 is 1.72. The van der Waals surface area contributed by atoms with Crippen LogP contribution in [-0.4, -0.2) is 14.9 Å². The average Bonchev–Trinajstić information content (AvgIpc) is 2.75. The predicted octanol–water partition coefficient (Wildman–Crippen LogP) is 3.77. The summed E-state index contributed by atoms with van der Waals surface area (Å²) in [4.78, 5) is 0. The number of aromatic hydroxyl groups is 1. The van der Waals surface area contributed by atoms with Crippen LogP contribution < -0.4 is 0 Å². The lowest BCUT2D eigenvalue weighted by Gasteiger charge is -2.02. The molecule has 0 aliphatic heterocycles. The second-order valence-electron chi connectivity index (χ2n) is 4.90. The van der Waals surface area contributed by atoms with Crippen molar-refractivity contribution in [3.05, 3.63) is 60.2 Å². The van der Waals surface area contributed by atoms with Gasteiger partial charge >= 0.3 is 0 Å². The molecule has 1 heterocycles. The Labute approximate surface area is 118 Å². The molecule has 3 aromatic rings. The predicted molar refractivity (Wildman–Crippen MR) is 80.5 cm³/mol. The van der Waals surface area contributed by atoms with Crippen molar-refractivity contribution in [2.24, 2.45) is 7.05 Å². The van der Waals surface area contributed by atoms with Crippen molar-refractivity contribution in [3.63, 3.8) is 0 Å². The van der Waals surface area contributed by atoms with Gasteiger partial charge in [0.1, 0.15) is 11.4 Å². The highest BCUT2D eigenvalue weighted by Crippen LogP contribution is 2.37. The molecule has 2 aromatic carbocycles. The van der Waals surface area contributed by atoms with Crippen LogP contribution in [0.3, 0.4) is 0 Å². The first-order chi connectivity index (χ1) is 9.66. The molecule has 0 saturated heterocycles. The van der Waals surface area contributed by atoms with Gasteiger partial charge in [0.2, 0.25) is 0 Å². The Bertz CT molecular complexity index is 745. The third-order valence-corrected chi connectivity index (χ3v) is 3.36. The van der Waals surface area contributed by atoms with E-state index in [1.165, 1.54) is 0 Å². The molecule has 0 saturated carbocycles. The minimum absolute atomic E-state index is 0.226. The molecular formula is C17H16N2O. The van der Waals surface area contributed by atoms with Gasteiger partial charge in [0.25, 0.3) is 0 Å². The summed E-state index contributed by atoms with van der Waals surface area (Å²) in [7, 11) is 1.85. The highest BCUT2D eigenvalue weighted by atomic mass is 16.3. The summed E-state index contributed by atoms with van der Waals surface area (Å²) in [6.07, 6.45) is 0. The van der Waals surface area contributed by atoms with Crippen LogP contribution in [-0.2, 0) is 7.05 Å². The van der Waals surface area contributed by atoms with Gasteiger partial charge in [-0.2, -0.15) is 5.10 Å². The summed E-state index contributed by atoms with van der Waals surface area (Å²) in [5, 5.41) is 15.0. The molecule has 0 fully saturated rings. The van der Waals surface area contributed by atoms with Gasteiger partial charge in [-0.25, -0.2) is 0 Å². The summed E-state index contributed by atoms with van der Waals surface area (Å²) in [5.41, 5.74) is 4.39. The molecule has 3 heteroatoms. The molecule has 0 spiro atoms. The fraction of sp³-hybridized carbons (Fsp3) is 0.118. The Morgan fingerprint density at radius 2 is 1.65 bits per heavy atom. The summed E-state index contributed by atoms with van der Waals surface area (Å²) in [6.45, 7) is 2.03. The van der Waals surface area contributed by atoms with Crippen molar-refractivity contribution < 1.29 is 5.11 Å². The van der Waals surface area contributed by atoms with Crippen molar-refractivity contribution in [1.29, 1.82) is 0 Å². The van der Waals surface area contributed by atoms with Gasteiger partial charge in [-0.05, 0) is 13.0 Å². The Hall–Kier alpha value is -2.55. The van der Waals surface area contributed by atoms with Gasteiger partial charge in [-0.15, -0.1) is 0 Å². The lowest BCUT2D eigenvalue weighted by atomic mass is 10.1. The minimum atomic E-state index is 0.226. The molecule has 0 radical (unpaired) electrons. The monoisotopic (exact) mass is 264 g/mol. The van der Waals surface area contributed by atoms with Gasteiger partial charge in [-0.3, -0.25) is 4.68 Å². The molecule has 1 aromatic heterocycles. The van der Waals surface area contributed by atoms with Crippen molar-refractivity contribution in [2.45, 2.75) is 6.92 Å². The number of benzene rings is 2. The SMILES string of the molecule is Cc1cccc(-c2nn(C)c(-c3ccccc3)c2O)c1. The van der Waals surface area contributed by atoms with Crippen LogP contribution in [0.4, 0.5) is 0 Å². The van der Waals surface area contributed by atoms with Crippen molar-refractivity contribution in [2.75, 3.05) is 0 Å². The summed E-state index contributed by atoms with van der Waals surface area (Å²) in [6, 6.07) is 17.8. The first-order valence-electron chi connectivity index (χ1n) is 6.55. The van der Waals surface area contributed by atoms with E-state index in [1.807, 2.05) is 68.6 Å². The average molecular weight is 264 g/mol. The molecular weight excluding hydrogens is 248 g/mol. The summed E-state index contributed by atoms with van der Waals surface area (Å²) in [5.74, 6) is 0.226. The molecule has 0 aliphatic carbocycles. The van der Waals surface area contributed by atoms with E-state index < -0.39 is 0 Å². The van der Waals surface area contributed by atoms with E-state index in [2.05, 4.69) is 5.10 Å². The zero-order chi connectivity index (χ0) is 14.1. The van der Waals surface area contributed by atoms with E-state index in [4.69, 9.17) is 0 Å². The molecule has 0 aliphatic rings. The highest BCUT2D eigenvalue weighted by Gasteiger charge is 2.17. The van der Waals surface area contributed by atoms with Crippen molar-refractivity contribution in [3.8, 4) is 28.3 Å². The molecule has 1 N–H and O–H groups in total. The standard InChI is InChI=1S/C17H16N2O/c1-12-7-6-10-14(11-12)15-17(20)16(19(2)18-15)13-8-4-3-5-9-13/h3-11,20H,1-2H3. The Balaban J connectivity index is 2.17. The minimum Gasteiger partial charge on any atom is -0.504 e. The van der Waals surface area contributed by atoms with E-state index in [0.717, 1.165) is 22.4 Å². The van der Waals surface area contributed by atoms with Crippen LogP contribution in [0.1, 0.15) is 5.56 Å². The lowest BCUT2D eigenvalue weighted by molar-refractivity contribution is 0.478. The lowest BCUT2D eigenvalue weighted by Crippen LogP contribution is -1.93. The van der Waals surface area contributed by atoms with Crippen LogP contribution in [0, 0.1) is 6.92 Å². The Kier molecular flexibility index (Phi) is 3.03. The van der Waals surface area contributed by atoms with Crippen LogP contribution in [0.5, 0.6) is 5.75 Å². The van der Waals surface area contributed by atoms with Gasteiger partial charge in [0.15, 0.2) is 5.75 Å². The van der Waals surface area contributed by atoms with Gasteiger partial charge < -0.3 is 5.11 Å². The first kappa shape index (κ1) is 12.5. The molecule has 3 rings (SSSR count). The first-order valence-corrected chi connectivity index (χ1v) is 6.55. The zero-order valence-corrected chi connectivity index (χ0v) is 11.5. The highest BCUT2D eigenvalue weighted by molar-refractivity contribution is 5.78.